The van der Waals surface area contributed by atoms with Crippen LogP contribution in [0.2, 0.25) is 0 Å². The van der Waals surface area contributed by atoms with Crippen molar-refractivity contribution in [2.75, 3.05) is 59.7 Å². The molecule has 3 aromatic carbocycles. The maximum atomic E-state index is 15.0. The SMILES string of the molecule is COCCCCCCCOc1ccc(-c2nnc(-c3ccc(C(=O)NC4C[C@@H](O)CNC(=O)[C@@H]5[C@@H](O)[C@@H](C)CN5C(=O)[C@H]([C@H](O)CCNC(CO)CO)NC(=O)[C@H]([C@H](O)Cc5ccc(O)c(OSOOO)c5)NC(=O)[C@@H]5C[C@@H](O)CN5C(=O)[C@H]([C@@H](C)O)NC4=O)cc3)s2)cc1. The van der Waals surface area contributed by atoms with Crippen molar-refractivity contribution in [2.24, 2.45) is 5.92 Å². The largest absolute Gasteiger partial charge is 0.504 e. The van der Waals surface area contributed by atoms with Crippen LogP contribution in [0.25, 0.3) is 21.1 Å². The lowest BCUT2D eigenvalue weighted by Crippen LogP contribution is -2.64. The summed E-state index contributed by atoms with van der Waals surface area (Å²) in [7, 11) is 1.69. The number of phenols is 1. The van der Waals surface area contributed by atoms with Crippen LogP contribution < -0.4 is 40.8 Å². The van der Waals surface area contributed by atoms with Crippen molar-refractivity contribution in [3.63, 3.8) is 0 Å². The number of nitrogens with one attached hydrogen (secondary N) is 6. The molecule has 1 aromatic heterocycles. The zero-order chi connectivity index (χ0) is 68.9. The number of β-amino-alcohol motifs (C(OH)–C–C–N with tert-alkyl or cyclic N) is 1. The molecule has 522 valence electrons. The molecule has 7 amide bonds. The lowest BCUT2D eigenvalue weighted by atomic mass is 9.98. The minimum Gasteiger partial charge on any atom is -0.504 e. The van der Waals surface area contributed by atoms with Gasteiger partial charge < -0.3 is 101 Å². The number of hydrogen-bond donors (Lipinski definition) is 16. The summed E-state index contributed by atoms with van der Waals surface area (Å²) in [5.41, 5.74) is 1.48. The van der Waals surface area contributed by atoms with Gasteiger partial charge in [0, 0.05) is 75.2 Å². The number of aliphatic hydroxyl groups is 8. The van der Waals surface area contributed by atoms with Crippen molar-refractivity contribution in [3.05, 3.63) is 77.9 Å². The molecule has 7 rings (SSSR count). The van der Waals surface area contributed by atoms with E-state index in [4.69, 9.17) is 18.9 Å². The van der Waals surface area contributed by atoms with E-state index in [1.165, 1.54) is 36.5 Å². The molecular weight excluding hydrogens is 1290 g/mol. The fourth-order valence-electron chi connectivity index (χ4n) is 11.1. The van der Waals surface area contributed by atoms with E-state index in [2.05, 4.69) is 51.5 Å². The molecule has 13 atom stereocenters. The van der Waals surface area contributed by atoms with Crippen LogP contribution in [0.15, 0.2) is 66.7 Å². The van der Waals surface area contributed by atoms with E-state index in [0.29, 0.717) is 27.9 Å². The van der Waals surface area contributed by atoms with Crippen LogP contribution in [0.4, 0.5) is 0 Å². The first-order valence-corrected chi connectivity index (χ1v) is 32.5. The number of phenolic OH excluding ortho intramolecular Hbond substituents is 1. The number of ether oxygens (including phenoxy) is 2. The van der Waals surface area contributed by atoms with Crippen molar-refractivity contribution in [1.29, 1.82) is 0 Å². The molecule has 0 spiro atoms. The van der Waals surface area contributed by atoms with Gasteiger partial charge in [-0.2, -0.15) is 0 Å². The van der Waals surface area contributed by atoms with Gasteiger partial charge in [0.15, 0.2) is 11.5 Å². The lowest BCUT2D eigenvalue weighted by molar-refractivity contribution is -0.433. The number of unbranched alkanes of at least 4 members (excludes halogenated alkanes) is 4. The third-order valence-electron chi connectivity index (χ3n) is 16.4. The first-order valence-electron chi connectivity index (χ1n) is 31.0. The highest BCUT2D eigenvalue weighted by atomic mass is 32.2. The Kier molecular flexibility index (Phi) is 29.1. The summed E-state index contributed by atoms with van der Waals surface area (Å²) in [5, 5.41) is 136. The van der Waals surface area contributed by atoms with E-state index >= 15 is 0 Å². The first kappa shape index (κ1) is 75.1. The van der Waals surface area contributed by atoms with Crippen molar-refractivity contribution < 1.29 is 108 Å². The number of aromatic nitrogens is 2. The molecule has 3 saturated heterocycles. The molecule has 1 unspecified atom stereocenters. The van der Waals surface area contributed by atoms with Gasteiger partial charge in [0.2, 0.25) is 35.4 Å². The quantitative estimate of drug-likeness (QED) is 0.0129. The Morgan fingerprint density at radius 2 is 1.38 bits per heavy atom. The molecule has 4 heterocycles. The first-order chi connectivity index (χ1) is 45.5. The van der Waals surface area contributed by atoms with Gasteiger partial charge in [-0.25, -0.2) is 5.26 Å². The second-order valence-electron chi connectivity index (χ2n) is 23.5. The zero-order valence-electron chi connectivity index (χ0n) is 52.4. The number of carbonyl (C=O) groups excluding carboxylic acids is 7. The third-order valence-corrected chi connectivity index (χ3v) is 17.8. The number of aromatic hydroxyl groups is 1. The van der Waals surface area contributed by atoms with Crippen molar-refractivity contribution in [3.8, 4) is 38.4 Å². The zero-order valence-corrected chi connectivity index (χ0v) is 54.1. The Balaban J connectivity index is 1.16. The van der Waals surface area contributed by atoms with Crippen molar-refractivity contribution in [1.82, 2.24) is 51.9 Å². The van der Waals surface area contributed by atoms with Crippen LogP contribution in [-0.4, -0.2) is 251 Å². The van der Waals surface area contributed by atoms with Crippen LogP contribution >= 0.6 is 23.7 Å². The Bertz CT molecular complexity index is 3170. The summed E-state index contributed by atoms with van der Waals surface area (Å²) in [6, 6.07) is 4.73. The summed E-state index contributed by atoms with van der Waals surface area (Å²) < 4.78 is 20.4. The van der Waals surface area contributed by atoms with Gasteiger partial charge in [0.25, 0.3) is 18.2 Å². The molecule has 3 aliphatic rings. The Labute approximate surface area is 554 Å². The Morgan fingerprint density at radius 3 is 2.03 bits per heavy atom. The Morgan fingerprint density at radius 1 is 0.747 bits per heavy atom. The second kappa shape index (κ2) is 36.7. The number of amides is 7. The van der Waals surface area contributed by atoms with E-state index in [9.17, 15) is 79.5 Å². The Hall–Kier alpha value is -7.26. The summed E-state index contributed by atoms with van der Waals surface area (Å²) in [4.78, 5) is 104. The van der Waals surface area contributed by atoms with E-state index in [0.717, 1.165) is 73.1 Å². The molecule has 32 nitrogen and oxygen atoms in total. The number of hydrogen-bond acceptors (Lipinski definition) is 27. The maximum absolute atomic E-state index is 15.0. The van der Waals surface area contributed by atoms with Crippen LogP contribution in [0.3, 0.4) is 0 Å². The number of carbonyl (C=O) groups is 7. The summed E-state index contributed by atoms with van der Waals surface area (Å²) >= 11 is 1.35. The third kappa shape index (κ3) is 20.9. The number of aliphatic hydroxyl groups excluding tert-OH is 8. The standard InChI is InChI=1S/C61H84N10O22S2/c1-32-28-71-51(52(32)80)57(85)63-27-39(75)25-42(64-53(81)35-10-12-36(13-11-35)58-68-69-59(94-58)37-14-16-41(17-15-37)90-22-8-6-4-5-7-21-89-3)54(82)65-48(33(2)74)60(86)70-29-40(76)26-43(70)55(83)66-49(46(79)23-34-9-18-44(77)47(24-34)91-95-93-92-88)56(84)67-50(61(71)87)45(78)19-20-62-38(30-72)31-73/h9-18,24,32-33,38-40,42-43,45-46,48-52,62,72-80,88H,4-8,19-23,25-31H2,1-3H3,(H,63,85)(H,64,81)(H,65,82)(H,66,83)(H,67,84)/t32-,33+,39+,40+,42?,43-,45+,46+,48-,49-,50-,51-,52-/m0/s1. The highest BCUT2D eigenvalue weighted by Gasteiger charge is 2.50. The average molecular weight is 1370 g/mol. The monoisotopic (exact) mass is 1370 g/mol. The smallest absolute Gasteiger partial charge is 0.261 e. The van der Waals surface area contributed by atoms with Gasteiger partial charge >= 0.3 is 0 Å². The highest BCUT2D eigenvalue weighted by Crippen LogP contribution is 2.33. The molecule has 16 N–H and O–H groups in total. The van der Waals surface area contributed by atoms with E-state index < -0.39 is 184 Å². The predicted molar refractivity (Wildman–Crippen MR) is 338 cm³/mol. The number of nitrogens with zero attached hydrogens (tertiary/aromatic N) is 4. The maximum Gasteiger partial charge on any atom is 0.261 e. The normalized spacial score (nSPS) is 24.3. The van der Waals surface area contributed by atoms with Gasteiger partial charge in [-0.05, 0) is 86.8 Å². The van der Waals surface area contributed by atoms with Crippen LogP contribution in [-0.2, 0) is 49.3 Å². The average Bonchev–Trinajstić information content (AvgIpc) is 1.69. The van der Waals surface area contributed by atoms with Gasteiger partial charge in [-0.15, -0.1) is 10.2 Å². The molecule has 34 heteroatoms. The highest BCUT2D eigenvalue weighted by molar-refractivity contribution is 7.90. The number of methoxy groups -OCH3 is 1. The minimum atomic E-state index is -2.16. The molecule has 0 saturated carbocycles. The van der Waals surface area contributed by atoms with Gasteiger partial charge in [-0.3, -0.25) is 33.6 Å². The molecule has 0 aliphatic carbocycles. The molecule has 0 bridgehead atoms. The topological polar surface area (TPSA) is 472 Å². The van der Waals surface area contributed by atoms with Crippen molar-refractivity contribution in [2.45, 2.75) is 151 Å². The minimum absolute atomic E-state index is 0.00619. The van der Waals surface area contributed by atoms with Crippen molar-refractivity contribution >= 4 is 65.0 Å². The number of fused-ring (bicyclic) bond motifs is 2. The molecule has 4 aromatic rings. The summed E-state index contributed by atoms with van der Waals surface area (Å²) in [6.45, 7) is 0.997. The predicted octanol–water partition coefficient (Wildman–Crippen LogP) is -1.80. The van der Waals surface area contributed by atoms with Gasteiger partial charge in [0.1, 0.15) is 52.0 Å². The fourth-order valence-corrected chi connectivity index (χ4v) is 12.2. The lowest BCUT2D eigenvalue weighted by Gasteiger charge is -2.34. The van der Waals surface area contributed by atoms with E-state index in [-0.39, 0.29) is 42.3 Å². The fraction of sp³-hybridized carbons (Fsp3) is 0.557. The second-order valence-corrected chi connectivity index (χ2v) is 24.9. The number of benzene rings is 3. The van der Waals surface area contributed by atoms with Crippen LogP contribution in [0, 0.1) is 5.92 Å². The van der Waals surface area contributed by atoms with E-state index in [1.54, 1.807) is 19.2 Å². The molecule has 95 heavy (non-hydrogen) atoms. The summed E-state index contributed by atoms with van der Waals surface area (Å²) in [6.07, 6.45) is -7.48. The summed E-state index contributed by atoms with van der Waals surface area (Å²) in [5.74, 6) is -8.93. The van der Waals surface area contributed by atoms with E-state index in [1.807, 2.05) is 24.3 Å². The van der Waals surface area contributed by atoms with Crippen LogP contribution in [0.5, 0.6) is 17.2 Å². The molecule has 3 aliphatic heterocycles. The van der Waals surface area contributed by atoms with Gasteiger partial charge in [-0.1, -0.05) is 65.1 Å². The molecule has 3 fully saturated rings. The van der Waals surface area contributed by atoms with Gasteiger partial charge in [0.05, 0.1) is 62.5 Å². The number of rotatable bonds is 28. The van der Waals surface area contributed by atoms with Crippen LogP contribution in [0.1, 0.15) is 81.1 Å². The molecular formula is C61H84N10O22S2. The molecule has 0 radical (unpaired) electrons.